The fraction of sp³-hybridized carbons (Fsp3) is 0. The summed E-state index contributed by atoms with van der Waals surface area (Å²) < 4.78 is 19.9. The second-order valence-corrected chi connectivity index (χ2v) is 5.73. The number of hydrogen-bond donors (Lipinski definition) is 2. The van der Waals surface area contributed by atoms with Crippen LogP contribution in [-0.4, -0.2) is 15.9 Å². The molecular weight excluding hydrogens is 333 g/mol. The molecule has 0 radical (unpaired) electrons. The van der Waals surface area contributed by atoms with Gasteiger partial charge in [-0.25, -0.2) is 9.37 Å². The number of amides is 1. The number of benzene rings is 2. The number of carbonyl (C=O) groups is 1. The number of nitrogens with one attached hydrogen (secondary N) is 1. The van der Waals surface area contributed by atoms with Crippen LogP contribution in [0.25, 0.3) is 22.3 Å². The molecule has 4 rings (SSSR count). The largest absolute Gasteiger partial charge is 0.453 e. The highest BCUT2D eigenvalue weighted by Crippen LogP contribution is 2.33. The van der Waals surface area contributed by atoms with E-state index in [2.05, 4.69) is 9.97 Å². The predicted molar refractivity (Wildman–Crippen MR) is 96.5 cm³/mol. The van der Waals surface area contributed by atoms with Crippen molar-refractivity contribution in [3.05, 3.63) is 78.2 Å². The number of H-pyrrole nitrogens is 1. The van der Waals surface area contributed by atoms with Crippen molar-refractivity contribution in [2.75, 3.05) is 0 Å². The fourth-order valence-corrected chi connectivity index (χ4v) is 2.72. The zero-order valence-electron chi connectivity index (χ0n) is 13.6. The Bertz CT molecular complexity index is 1110. The zero-order chi connectivity index (χ0) is 18.1. The summed E-state index contributed by atoms with van der Waals surface area (Å²) in [6.45, 7) is 0. The highest BCUT2D eigenvalue weighted by atomic mass is 19.1. The van der Waals surface area contributed by atoms with Gasteiger partial charge in [0.05, 0.1) is 5.39 Å². The minimum Gasteiger partial charge on any atom is -0.453 e. The van der Waals surface area contributed by atoms with Gasteiger partial charge >= 0.3 is 0 Å². The number of nitrogens with two attached hydrogens (primary N) is 1. The van der Waals surface area contributed by atoms with Gasteiger partial charge in [-0.3, -0.25) is 4.79 Å². The molecule has 2 aromatic heterocycles. The summed E-state index contributed by atoms with van der Waals surface area (Å²) in [5.41, 5.74) is 7.77. The van der Waals surface area contributed by atoms with E-state index in [9.17, 15) is 9.18 Å². The molecule has 0 saturated heterocycles. The van der Waals surface area contributed by atoms with Gasteiger partial charge in [-0.15, -0.1) is 0 Å². The van der Waals surface area contributed by atoms with Gasteiger partial charge in [-0.2, -0.15) is 0 Å². The Kier molecular flexibility index (Phi) is 3.85. The van der Waals surface area contributed by atoms with Crippen molar-refractivity contribution in [2.45, 2.75) is 0 Å². The number of rotatable bonds is 4. The van der Waals surface area contributed by atoms with Crippen LogP contribution in [-0.2, 0) is 0 Å². The lowest BCUT2D eigenvalue weighted by Gasteiger charge is -2.08. The molecule has 0 aliphatic heterocycles. The fourth-order valence-electron chi connectivity index (χ4n) is 2.72. The standard InChI is InChI=1S/C20H14FN3O2/c21-15-10-13(19(22)25)6-7-18(15)26-17-8-9-23-20-14(17)11-16(24-20)12-4-2-1-3-5-12/h1-11H,(H2,22,25)(H,23,24). The van der Waals surface area contributed by atoms with Crippen LogP contribution in [0.4, 0.5) is 4.39 Å². The van der Waals surface area contributed by atoms with Crippen LogP contribution in [0, 0.1) is 5.82 Å². The molecule has 2 heterocycles. The van der Waals surface area contributed by atoms with Gasteiger partial charge in [0.15, 0.2) is 11.6 Å². The molecule has 6 heteroatoms. The number of ether oxygens (including phenoxy) is 1. The molecule has 5 nitrogen and oxygen atoms in total. The molecule has 0 atom stereocenters. The molecule has 0 saturated carbocycles. The van der Waals surface area contributed by atoms with Crippen molar-refractivity contribution in [2.24, 2.45) is 5.73 Å². The van der Waals surface area contributed by atoms with Crippen LogP contribution in [0.15, 0.2) is 66.9 Å². The third kappa shape index (κ3) is 2.88. The number of halogens is 1. The summed E-state index contributed by atoms with van der Waals surface area (Å²) in [5, 5.41) is 0.727. The lowest BCUT2D eigenvalue weighted by molar-refractivity contribution is 0.1000. The van der Waals surface area contributed by atoms with Gasteiger partial charge in [-0.1, -0.05) is 30.3 Å². The maximum atomic E-state index is 14.2. The molecule has 1 amide bonds. The van der Waals surface area contributed by atoms with E-state index < -0.39 is 11.7 Å². The van der Waals surface area contributed by atoms with Crippen molar-refractivity contribution in [1.29, 1.82) is 0 Å². The van der Waals surface area contributed by atoms with Crippen LogP contribution < -0.4 is 10.5 Å². The SMILES string of the molecule is NC(=O)c1ccc(Oc2ccnc3[nH]c(-c4ccccc4)cc23)c(F)c1. The second-order valence-electron chi connectivity index (χ2n) is 5.73. The van der Waals surface area contributed by atoms with Gasteiger partial charge in [0.2, 0.25) is 5.91 Å². The predicted octanol–water partition coefficient (Wildman–Crippen LogP) is 4.26. The molecule has 2 aromatic carbocycles. The minimum atomic E-state index is -0.695. The van der Waals surface area contributed by atoms with E-state index in [1.807, 2.05) is 36.4 Å². The minimum absolute atomic E-state index is 0.00459. The molecule has 4 aromatic rings. The molecule has 0 fully saturated rings. The molecule has 26 heavy (non-hydrogen) atoms. The number of nitrogens with zero attached hydrogens (tertiary/aromatic N) is 1. The first-order valence-corrected chi connectivity index (χ1v) is 7.92. The average Bonchev–Trinajstić information content (AvgIpc) is 3.09. The van der Waals surface area contributed by atoms with Crippen molar-refractivity contribution < 1.29 is 13.9 Å². The summed E-state index contributed by atoms with van der Waals surface area (Å²) in [7, 11) is 0. The molecule has 0 bridgehead atoms. The highest BCUT2D eigenvalue weighted by molar-refractivity contribution is 5.93. The molecular formula is C20H14FN3O2. The highest BCUT2D eigenvalue weighted by Gasteiger charge is 2.13. The average molecular weight is 347 g/mol. The summed E-state index contributed by atoms with van der Waals surface area (Å²) in [6, 6.07) is 17.2. The van der Waals surface area contributed by atoms with Gasteiger partial charge in [-0.05, 0) is 35.9 Å². The maximum absolute atomic E-state index is 14.2. The molecule has 0 aliphatic rings. The van der Waals surface area contributed by atoms with E-state index in [1.165, 1.54) is 12.1 Å². The number of fused-ring (bicyclic) bond motifs is 1. The van der Waals surface area contributed by atoms with Gasteiger partial charge in [0.25, 0.3) is 0 Å². The number of pyridine rings is 1. The molecule has 0 aliphatic carbocycles. The van der Waals surface area contributed by atoms with E-state index in [-0.39, 0.29) is 11.3 Å². The first-order chi connectivity index (χ1) is 12.6. The normalized spacial score (nSPS) is 10.8. The van der Waals surface area contributed by atoms with Crippen molar-refractivity contribution in [1.82, 2.24) is 9.97 Å². The summed E-state index contributed by atoms with van der Waals surface area (Å²) >= 11 is 0. The summed E-state index contributed by atoms with van der Waals surface area (Å²) in [5.74, 6) is -0.894. The van der Waals surface area contributed by atoms with Crippen LogP contribution in [0.5, 0.6) is 11.5 Å². The Morgan fingerprint density at radius 1 is 1.04 bits per heavy atom. The number of aromatic nitrogens is 2. The Morgan fingerprint density at radius 2 is 1.85 bits per heavy atom. The zero-order valence-corrected chi connectivity index (χ0v) is 13.6. The third-order valence-corrected chi connectivity index (χ3v) is 4.01. The van der Waals surface area contributed by atoms with Crippen LogP contribution >= 0.6 is 0 Å². The second kappa shape index (κ2) is 6.33. The van der Waals surface area contributed by atoms with E-state index >= 15 is 0 Å². The Balaban J connectivity index is 1.73. The lowest BCUT2D eigenvalue weighted by Crippen LogP contribution is -2.11. The van der Waals surface area contributed by atoms with E-state index in [4.69, 9.17) is 10.5 Å². The first-order valence-electron chi connectivity index (χ1n) is 7.92. The summed E-state index contributed by atoms with van der Waals surface area (Å²) in [4.78, 5) is 18.7. The van der Waals surface area contributed by atoms with E-state index in [0.717, 1.165) is 22.7 Å². The molecule has 3 N–H and O–H groups in total. The number of aromatic amines is 1. The summed E-state index contributed by atoms with van der Waals surface area (Å²) in [6.07, 6.45) is 1.58. The van der Waals surface area contributed by atoms with E-state index in [1.54, 1.807) is 12.3 Å². The smallest absolute Gasteiger partial charge is 0.248 e. The van der Waals surface area contributed by atoms with Crippen molar-refractivity contribution in [3.8, 4) is 22.8 Å². The van der Waals surface area contributed by atoms with Crippen LogP contribution in [0.1, 0.15) is 10.4 Å². The van der Waals surface area contributed by atoms with Crippen molar-refractivity contribution >= 4 is 16.9 Å². The Morgan fingerprint density at radius 3 is 2.58 bits per heavy atom. The molecule has 0 unspecified atom stereocenters. The Hall–Kier alpha value is -3.67. The first kappa shape index (κ1) is 15.8. The van der Waals surface area contributed by atoms with Gasteiger partial charge in [0, 0.05) is 17.5 Å². The van der Waals surface area contributed by atoms with Crippen LogP contribution in [0.2, 0.25) is 0 Å². The lowest BCUT2D eigenvalue weighted by atomic mass is 10.1. The molecule has 0 spiro atoms. The topological polar surface area (TPSA) is 81.0 Å². The number of carbonyl (C=O) groups excluding carboxylic acids is 1. The monoisotopic (exact) mass is 347 g/mol. The van der Waals surface area contributed by atoms with Crippen LogP contribution in [0.3, 0.4) is 0 Å². The quantitative estimate of drug-likeness (QED) is 0.579. The number of hydrogen-bond acceptors (Lipinski definition) is 3. The maximum Gasteiger partial charge on any atom is 0.248 e. The van der Waals surface area contributed by atoms with Gasteiger partial charge in [0.1, 0.15) is 11.4 Å². The molecule has 128 valence electrons. The third-order valence-electron chi connectivity index (χ3n) is 4.01. The van der Waals surface area contributed by atoms with Gasteiger partial charge < -0.3 is 15.5 Å². The van der Waals surface area contributed by atoms with E-state index in [0.29, 0.717) is 11.4 Å². The number of primary amides is 1. The Labute approximate surface area is 148 Å². The van der Waals surface area contributed by atoms with Crippen molar-refractivity contribution in [3.63, 3.8) is 0 Å².